The molecule has 0 bridgehead atoms. The lowest BCUT2D eigenvalue weighted by Gasteiger charge is -2.09. The molecular weight excluding hydrogens is 234 g/mol. The van der Waals surface area contributed by atoms with E-state index in [1.807, 2.05) is 0 Å². The van der Waals surface area contributed by atoms with Crippen LogP contribution in [0.25, 0.3) is 0 Å². The summed E-state index contributed by atoms with van der Waals surface area (Å²) in [5, 5.41) is 0. The van der Waals surface area contributed by atoms with Gasteiger partial charge in [-0.25, -0.2) is 8.78 Å². The summed E-state index contributed by atoms with van der Waals surface area (Å²) >= 11 is 0. The molecule has 1 atom stereocenters. The van der Waals surface area contributed by atoms with Crippen molar-refractivity contribution in [3.8, 4) is 0 Å². The molecule has 0 spiro atoms. The summed E-state index contributed by atoms with van der Waals surface area (Å²) in [4.78, 5) is 0. The first-order valence-corrected chi connectivity index (χ1v) is 6.44. The average Bonchev–Trinajstić information content (AvgIpc) is 2.28. The summed E-state index contributed by atoms with van der Waals surface area (Å²) in [7, 11) is 0. The Morgan fingerprint density at radius 3 is 1.94 bits per heavy atom. The molecule has 0 unspecified atom stereocenters. The van der Waals surface area contributed by atoms with E-state index in [1.54, 1.807) is 0 Å². The molecule has 1 aromatic rings. The van der Waals surface area contributed by atoms with E-state index in [4.69, 9.17) is 11.5 Å². The van der Waals surface area contributed by atoms with Crippen LogP contribution < -0.4 is 11.5 Å². The number of nitrogens with two attached hydrogens (primary N) is 2. The van der Waals surface area contributed by atoms with Gasteiger partial charge in [-0.3, -0.25) is 0 Å². The van der Waals surface area contributed by atoms with Crippen LogP contribution in [0.5, 0.6) is 0 Å². The molecule has 0 aromatic heterocycles. The lowest BCUT2D eigenvalue weighted by Crippen LogP contribution is -2.26. The Morgan fingerprint density at radius 1 is 1.06 bits per heavy atom. The molecule has 18 heavy (non-hydrogen) atoms. The molecule has 0 saturated heterocycles. The van der Waals surface area contributed by atoms with Crippen LogP contribution in [0.4, 0.5) is 8.78 Å². The van der Waals surface area contributed by atoms with E-state index < -0.39 is 11.6 Å². The van der Waals surface area contributed by atoms with Gasteiger partial charge in [-0.2, -0.15) is 0 Å². The van der Waals surface area contributed by atoms with Gasteiger partial charge in [-0.05, 0) is 37.1 Å². The lowest BCUT2D eigenvalue weighted by atomic mass is 10.0. The molecule has 0 amide bonds. The van der Waals surface area contributed by atoms with E-state index in [-0.39, 0.29) is 6.04 Å². The summed E-state index contributed by atoms with van der Waals surface area (Å²) in [5.74, 6) is -1.14. The normalized spacial score (nSPS) is 11.7. The number of unbranched alkanes of at least 4 members (excludes halogenated alkanes) is 1. The number of benzene rings is 1. The monoisotopic (exact) mass is 258 g/mol. The summed E-state index contributed by atoms with van der Waals surface area (Å²) in [5.41, 5.74) is 11.6. The van der Waals surface area contributed by atoms with Crippen molar-refractivity contribution in [3.63, 3.8) is 0 Å². The zero-order valence-electron chi connectivity index (χ0n) is 11.3. The molecule has 2 nitrogen and oxygen atoms in total. The van der Waals surface area contributed by atoms with Gasteiger partial charge in [-0.15, -0.1) is 0 Å². The van der Waals surface area contributed by atoms with Crippen molar-refractivity contribution in [2.45, 2.75) is 45.6 Å². The number of hydrogen-bond donors (Lipinski definition) is 2. The Labute approximate surface area is 108 Å². The highest BCUT2D eigenvalue weighted by Gasteiger charge is 2.05. The minimum absolute atomic E-state index is 0.138. The topological polar surface area (TPSA) is 52.0 Å². The maximum absolute atomic E-state index is 12.8. The quantitative estimate of drug-likeness (QED) is 0.853. The second kappa shape index (κ2) is 9.97. The molecule has 0 heterocycles. The van der Waals surface area contributed by atoms with E-state index >= 15 is 0 Å². The van der Waals surface area contributed by atoms with E-state index in [9.17, 15) is 8.78 Å². The highest BCUT2D eigenvalue weighted by Crippen LogP contribution is 2.10. The maximum atomic E-state index is 12.8. The lowest BCUT2D eigenvalue weighted by molar-refractivity contribution is 0.570. The predicted molar refractivity (Wildman–Crippen MR) is 72.3 cm³/mol. The molecule has 0 fully saturated rings. The molecule has 0 saturated carbocycles. The van der Waals surface area contributed by atoms with Crippen LogP contribution in [-0.2, 0) is 6.42 Å². The van der Waals surface area contributed by atoms with Gasteiger partial charge in [0.05, 0.1) is 0 Å². The highest BCUT2D eigenvalue weighted by atomic mass is 19.1. The van der Waals surface area contributed by atoms with Gasteiger partial charge in [0, 0.05) is 12.1 Å². The molecule has 1 rings (SSSR count). The first-order chi connectivity index (χ1) is 8.53. The van der Waals surface area contributed by atoms with Gasteiger partial charge in [0.2, 0.25) is 0 Å². The van der Waals surface area contributed by atoms with Crippen LogP contribution in [0.15, 0.2) is 18.2 Å². The van der Waals surface area contributed by atoms with Crippen LogP contribution in [0.3, 0.4) is 0 Å². The van der Waals surface area contributed by atoms with Crippen LogP contribution in [-0.4, -0.2) is 12.6 Å². The van der Waals surface area contributed by atoms with Gasteiger partial charge < -0.3 is 11.5 Å². The summed E-state index contributed by atoms with van der Waals surface area (Å²) in [6.45, 7) is 4.85. The second-order valence-electron chi connectivity index (χ2n) is 4.32. The average molecular weight is 258 g/mol. The van der Waals surface area contributed by atoms with Crippen LogP contribution in [0, 0.1) is 11.6 Å². The number of hydrogen-bond acceptors (Lipinski definition) is 2. The zero-order chi connectivity index (χ0) is 14.0. The van der Waals surface area contributed by atoms with Crippen molar-refractivity contribution >= 4 is 0 Å². The Bertz CT molecular complexity index is 307. The van der Waals surface area contributed by atoms with Crippen molar-refractivity contribution in [2.75, 3.05) is 6.54 Å². The second-order valence-corrected chi connectivity index (χ2v) is 4.32. The van der Waals surface area contributed by atoms with Crippen molar-refractivity contribution in [3.05, 3.63) is 35.4 Å². The highest BCUT2D eigenvalue weighted by molar-refractivity contribution is 5.18. The van der Waals surface area contributed by atoms with Crippen LogP contribution in [0.1, 0.15) is 38.7 Å². The first-order valence-electron chi connectivity index (χ1n) is 6.44. The smallest absolute Gasteiger partial charge is 0.126 e. The molecule has 0 aliphatic rings. The van der Waals surface area contributed by atoms with Crippen LogP contribution >= 0.6 is 0 Å². The molecule has 0 radical (unpaired) electrons. The zero-order valence-corrected chi connectivity index (χ0v) is 11.3. The first kappa shape index (κ1) is 17.0. The van der Waals surface area contributed by atoms with Gasteiger partial charge in [0.25, 0.3) is 0 Å². The Hall–Kier alpha value is -1.00. The summed E-state index contributed by atoms with van der Waals surface area (Å²) < 4.78 is 25.5. The molecule has 4 heteroatoms. The number of halogens is 2. The largest absolute Gasteiger partial charge is 0.330 e. The molecular formula is C14H24F2N2. The number of rotatable bonds is 5. The van der Waals surface area contributed by atoms with E-state index in [0.29, 0.717) is 24.9 Å². The Morgan fingerprint density at radius 2 is 1.56 bits per heavy atom. The van der Waals surface area contributed by atoms with E-state index in [1.165, 1.54) is 25.0 Å². The fourth-order valence-corrected chi connectivity index (χ4v) is 1.35. The molecule has 1 aromatic carbocycles. The SMILES string of the molecule is CCCC.NCC[C@@H](N)Cc1cc(F)cc(F)c1. The third kappa shape index (κ3) is 8.14. The molecule has 4 N–H and O–H groups in total. The fraction of sp³-hybridized carbons (Fsp3) is 0.571. The van der Waals surface area contributed by atoms with Gasteiger partial charge in [0.15, 0.2) is 0 Å². The van der Waals surface area contributed by atoms with Gasteiger partial charge in [0.1, 0.15) is 11.6 Å². The van der Waals surface area contributed by atoms with Crippen molar-refractivity contribution in [1.29, 1.82) is 0 Å². The van der Waals surface area contributed by atoms with Crippen LogP contribution in [0.2, 0.25) is 0 Å². The molecule has 0 aliphatic carbocycles. The Kier molecular flexibility index (Phi) is 9.42. The van der Waals surface area contributed by atoms with E-state index in [2.05, 4.69) is 13.8 Å². The third-order valence-corrected chi connectivity index (χ3v) is 2.46. The molecule has 0 aliphatic heterocycles. The Balaban J connectivity index is 0.000000631. The van der Waals surface area contributed by atoms with Crippen molar-refractivity contribution in [2.24, 2.45) is 11.5 Å². The standard InChI is InChI=1S/C10H14F2N2.C4H10/c11-8-3-7(4-9(12)6-8)5-10(14)1-2-13;1-3-4-2/h3-4,6,10H,1-2,5,13-14H2;3-4H2,1-2H3/t10-;/m1./s1. The summed E-state index contributed by atoms with van der Waals surface area (Å²) in [6.07, 6.45) is 3.74. The third-order valence-electron chi connectivity index (χ3n) is 2.46. The summed E-state index contributed by atoms with van der Waals surface area (Å²) in [6, 6.07) is 3.29. The van der Waals surface area contributed by atoms with Gasteiger partial charge >= 0.3 is 0 Å². The molecule has 104 valence electrons. The van der Waals surface area contributed by atoms with Gasteiger partial charge in [-0.1, -0.05) is 26.7 Å². The fourth-order valence-electron chi connectivity index (χ4n) is 1.35. The maximum Gasteiger partial charge on any atom is 0.126 e. The van der Waals surface area contributed by atoms with E-state index in [0.717, 1.165) is 6.07 Å². The predicted octanol–water partition coefficient (Wildman–Crippen LogP) is 2.99. The van der Waals surface area contributed by atoms with Crippen molar-refractivity contribution < 1.29 is 8.78 Å². The minimum Gasteiger partial charge on any atom is -0.330 e. The minimum atomic E-state index is -0.569. The van der Waals surface area contributed by atoms with Crippen molar-refractivity contribution in [1.82, 2.24) is 0 Å².